The molecule has 2 heterocycles. The van der Waals surface area contributed by atoms with Gasteiger partial charge in [0.15, 0.2) is 5.60 Å². The lowest BCUT2D eigenvalue weighted by Gasteiger charge is -2.73. The molecule has 1 atom stereocenters. The lowest BCUT2D eigenvalue weighted by atomic mass is 9.32. The van der Waals surface area contributed by atoms with E-state index in [4.69, 9.17) is 0 Å². The molecule has 0 aliphatic heterocycles. The lowest BCUT2D eigenvalue weighted by Crippen LogP contribution is -2.75. The van der Waals surface area contributed by atoms with Crippen molar-refractivity contribution in [2.45, 2.75) is 42.7 Å². The Morgan fingerprint density at radius 1 is 1.21 bits per heavy atom. The van der Waals surface area contributed by atoms with Gasteiger partial charge in [0.25, 0.3) is 5.92 Å². The Morgan fingerprint density at radius 2 is 1.97 bits per heavy atom. The number of benzene rings is 1. The third kappa shape index (κ3) is 2.37. The molecular weight excluding hydrogens is 410 g/mol. The van der Waals surface area contributed by atoms with Crippen molar-refractivity contribution in [3.63, 3.8) is 0 Å². The number of hydrogen-bond donors (Lipinski definition) is 1. The molecule has 3 aliphatic rings. The molecule has 11 heteroatoms. The van der Waals surface area contributed by atoms with Gasteiger partial charge in [-0.1, -0.05) is 0 Å². The maximum absolute atomic E-state index is 15.9. The number of aliphatic hydroxyl groups is 1. The molecule has 6 rings (SSSR count). The van der Waals surface area contributed by atoms with E-state index in [0.717, 1.165) is 28.0 Å². The van der Waals surface area contributed by atoms with Gasteiger partial charge in [-0.25, -0.2) is 22.2 Å². The molecule has 1 aromatic carbocycles. The first kappa shape index (κ1) is 18.6. The van der Waals surface area contributed by atoms with E-state index in [9.17, 15) is 13.9 Å². The standard InChI is InChI=1S/C18H15F4N5OS/c19-11-1-2-12(13(20)3-11)17(28,8-27-9-24-25-26-27)18(21,22)16-5-15(6-16,7-16)14-4-23-10-29-14/h1-4,9-10,28H,5-8H2. The van der Waals surface area contributed by atoms with Gasteiger partial charge in [-0.15, -0.1) is 16.4 Å². The van der Waals surface area contributed by atoms with E-state index < -0.39 is 40.7 Å². The van der Waals surface area contributed by atoms with Gasteiger partial charge in [0.2, 0.25) is 0 Å². The first-order valence-corrected chi connectivity index (χ1v) is 9.75. The van der Waals surface area contributed by atoms with Crippen molar-refractivity contribution in [1.82, 2.24) is 25.2 Å². The van der Waals surface area contributed by atoms with Crippen molar-refractivity contribution in [2.75, 3.05) is 0 Å². The van der Waals surface area contributed by atoms with E-state index in [1.807, 2.05) is 0 Å². The summed E-state index contributed by atoms with van der Waals surface area (Å²) in [5.41, 5.74) is -3.83. The normalized spacial score (nSPS) is 27.8. The SMILES string of the molecule is OC(Cn1cnnn1)(c1ccc(F)cc1F)C(F)(F)C12CC(c3cncs3)(C1)C2. The van der Waals surface area contributed by atoms with Gasteiger partial charge in [0, 0.05) is 33.5 Å². The van der Waals surface area contributed by atoms with Crippen LogP contribution in [0.2, 0.25) is 0 Å². The zero-order chi connectivity index (χ0) is 20.5. The predicted molar refractivity (Wildman–Crippen MR) is 93.1 cm³/mol. The Morgan fingerprint density at radius 3 is 2.55 bits per heavy atom. The number of tetrazole rings is 1. The number of alkyl halides is 2. The zero-order valence-electron chi connectivity index (χ0n) is 14.9. The van der Waals surface area contributed by atoms with Gasteiger partial charge in [0.05, 0.1) is 12.1 Å². The highest BCUT2D eigenvalue weighted by Gasteiger charge is 2.82. The van der Waals surface area contributed by atoms with Crippen molar-refractivity contribution in [3.8, 4) is 0 Å². The van der Waals surface area contributed by atoms with Gasteiger partial charge in [-0.05, 0) is 41.8 Å². The molecule has 0 amide bonds. The van der Waals surface area contributed by atoms with Crippen molar-refractivity contribution in [3.05, 3.63) is 58.3 Å². The van der Waals surface area contributed by atoms with E-state index in [0.29, 0.717) is 6.07 Å². The fourth-order valence-corrected chi connectivity index (χ4v) is 5.79. The van der Waals surface area contributed by atoms with Crippen LogP contribution >= 0.6 is 11.3 Å². The average Bonchev–Trinajstić information content (AvgIpc) is 3.25. The summed E-state index contributed by atoms with van der Waals surface area (Å²) >= 11 is 1.41. The molecule has 3 fully saturated rings. The highest BCUT2D eigenvalue weighted by atomic mass is 32.1. The second-order valence-electron chi connectivity index (χ2n) is 8.02. The molecular formula is C18H15F4N5OS. The van der Waals surface area contributed by atoms with Crippen molar-refractivity contribution in [2.24, 2.45) is 5.41 Å². The summed E-state index contributed by atoms with van der Waals surface area (Å²) in [5, 5.41) is 21.6. The largest absolute Gasteiger partial charge is 0.377 e. The molecule has 6 nitrogen and oxygen atoms in total. The van der Waals surface area contributed by atoms with Crippen LogP contribution in [0.25, 0.3) is 0 Å². The summed E-state index contributed by atoms with van der Waals surface area (Å²) in [4.78, 5) is 4.95. The lowest BCUT2D eigenvalue weighted by molar-refractivity contribution is -0.347. The highest BCUT2D eigenvalue weighted by Crippen LogP contribution is 2.80. The van der Waals surface area contributed by atoms with Crippen LogP contribution in [0, 0.1) is 17.0 Å². The topological polar surface area (TPSA) is 76.7 Å². The van der Waals surface area contributed by atoms with Crippen molar-refractivity contribution < 1.29 is 22.7 Å². The summed E-state index contributed by atoms with van der Waals surface area (Å²) in [5.74, 6) is -5.88. The maximum Gasteiger partial charge on any atom is 0.287 e. The van der Waals surface area contributed by atoms with Crippen LogP contribution in [0.3, 0.4) is 0 Å². The number of hydrogen-bond acceptors (Lipinski definition) is 6. The monoisotopic (exact) mass is 425 g/mol. The number of aromatic nitrogens is 5. The van der Waals surface area contributed by atoms with Gasteiger partial charge in [-0.3, -0.25) is 4.98 Å². The number of thiazole rings is 1. The minimum Gasteiger partial charge on any atom is -0.377 e. The van der Waals surface area contributed by atoms with E-state index in [2.05, 4.69) is 20.5 Å². The highest BCUT2D eigenvalue weighted by molar-refractivity contribution is 7.09. The number of nitrogens with zero attached hydrogens (tertiary/aromatic N) is 5. The summed E-state index contributed by atoms with van der Waals surface area (Å²) in [6, 6.07) is 2.18. The van der Waals surface area contributed by atoms with Crippen LogP contribution in [0.15, 0.2) is 36.2 Å². The summed E-state index contributed by atoms with van der Waals surface area (Å²) in [6.45, 7) is -0.773. The molecule has 152 valence electrons. The zero-order valence-corrected chi connectivity index (χ0v) is 15.7. The minimum atomic E-state index is -3.71. The Hall–Kier alpha value is -2.40. The predicted octanol–water partition coefficient (Wildman–Crippen LogP) is 3.05. The Bertz CT molecular complexity index is 1040. The molecule has 1 unspecified atom stereocenters. The van der Waals surface area contributed by atoms with Crippen molar-refractivity contribution >= 4 is 11.3 Å². The second kappa shape index (κ2) is 5.82. The smallest absolute Gasteiger partial charge is 0.287 e. The molecule has 2 bridgehead atoms. The molecule has 0 radical (unpaired) electrons. The molecule has 3 aromatic rings. The first-order valence-electron chi connectivity index (χ1n) is 8.87. The molecule has 29 heavy (non-hydrogen) atoms. The third-order valence-electron chi connectivity index (χ3n) is 6.33. The van der Waals surface area contributed by atoms with E-state index in [1.165, 1.54) is 11.3 Å². The van der Waals surface area contributed by atoms with Gasteiger partial charge in [-0.2, -0.15) is 0 Å². The molecule has 0 saturated heterocycles. The van der Waals surface area contributed by atoms with Crippen molar-refractivity contribution in [1.29, 1.82) is 0 Å². The Balaban J connectivity index is 1.54. The summed E-state index contributed by atoms with van der Waals surface area (Å²) < 4.78 is 60.6. The van der Waals surface area contributed by atoms with Crippen LogP contribution in [-0.2, 0) is 17.6 Å². The fourth-order valence-electron chi connectivity index (χ4n) is 4.96. The van der Waals surface area contributed by atoms with E-state index in [1.54, 1.807) is 11.7 Å². The van der Waals surface area contributed by atoms with Gasteiger partial charge >= 0.3 is 0 Å². The molecule has 3 saturated carbocycles. The Labute approximate surface area is 166 Å². The minimum absolute atomic E-state index is 0.163. The molecule has 3 aliphatic carbocycles. The second-order valence-corrected chi connectivity index (χ2v) is 8.91. The quantitative estimate of drug-likeness (QED) is 0.615. The Kier molecular flexibility index (Phi) is 3.74. The third-order valence-corrected chi connectivity index (χ3v) is 7.35. The molecule has 1 N–H and O–H groups in total. The van der Waals surface area contributed by atoms with Crippen LogP contribution in [0.5, 0.6) is 0 Å². The van der Waals surface area contributed by atoms with E-state index in [-0.39, 0.29) is 24.7 Å². The van der Waals surface area contributed by atoms with E-state index >= 15 is 8.78 Å². The van der Waals surface area contributed by atoms with Gasteiger partial charge < -0.3 is 5.11 Å². The summed E-state index contributed by atoms with van der Waals surface area (Å²) in [6.07, 6.45) is 3.23. The summed E-state index contributed by atoms with van der Waals surface area (Å²) in [7, 11) is 0. The van der Waals surface area contributed by atoms with Crippen LogP contribution in [0.4, 0.5) is 17.6 Å². The van der Waals surface area contributed by atoms with Crippen LogP contribution in [0.1, 0.15) is 29.7 Å². The molecule has 0 spiro atoms. The average molecular weight is 425 g/mol. The number of halogens is 4. The molecule has 2 aromatic heterocycles. The van der Waals surface area contributed by atoms with Gasteiger partial charge in [0.1, 0.15) is 18.0 Å². The van der Waals surface area contributed by atoms with Crippen LogP contribution < -0.4 is 0 Å². The fraction of sp³-hybridized carbons (Fsp3) is 0.444. The number of rotatable bonds is 6. The first-order chi connectivity index (χ1) is 13.7. The maximum atomic E-state index is 15.9. The van der Waals surface area contributed by atoms with Crippen LogP contribution in [-0.4, -0.2) is 36.2 Å².